The van der Waals surface area contributed by atoms with Crippen LogP contribution in [0.25, 0.3) is 0 Å². The van der Waals surface area contributed by atoms with Gasteiger partial charge in [0.25, 0.3) is 0 Å². The van der Waals surface area contributed by atoms with Crippen molar-refractivity contribution in [3.8, 4) is 0 Å². The molecular weight excluding hydrogens is 120 g/mol. The maximum Gasteiger partial charge on any atom is 0.472 e. The number of hydrogen-bond donors (Lipinski definition) is 1. The molecule has 9 heavy (non-hydrogen) atoms. The van der Waals surface area contributed by atoms with Gasteiger partial charge in [-0.15, -0.1) is 0 Å². The molecule has 0 aliphatic rings. The van der Waals surface area contributed by atoms with Crippen LogP contribution in [0.4, 0.5) is 4.79 Å². The average molecular weight is 131 g/mol. The van der Waals surface area contributed by atoms with Crippen molar-refractivity contribution < 1.29 is 14.4 Å². The van der Waals surface area contributed by atoms with Crippen LogP contribution < -0.4 is 5.73 Å². The Morgan fingerprint density at radius 2 is 2.00 bits per heavy atom. The third-order valence-corrected chi connectivity index (χ3v) is 0.857. The third-order valence-electron chi connectivity index (χ3n) is 0.857. The fraction of sp³-hybridized carbons (Fsp3) is 0.600. The summed E-state index contributed by atoms with van der Waals surface area (Å²) in [5.74, 6) is 0. The van der Waals surface area contributed by atoms with Gasteiger partial charge >= 0.3 is 6.09 Å². The lowest BCUT2D eigenvalue weighted by Crippen LogP contribution is -2.22. The third kappa shape index (κ3) is 3.52. The first kappa shape index (κ1) is 7.94. The molecule has 1 amide bonds. The maximum absolute atomic E-state index is 10.1. The van der Waals surface area contributed by atoms with Gasteiger partial charge in [-0.3, -0.25) is 0 Å². The van der Waals surface area contributed by atoms with E-state index in [1.54, 1.807) is 7.05 Å². The van der Waals surface area contributed by atoms with Gasteiger partial charge in [0.1, 0.15) is 0 Å². The van der Waals surface area contributed by atoms with Crippen molar-refractivity contribution in [2.75, 3.05) is 7.05 Å². The van der Waals surface area contributed by atoms with Crippen molar-refractivity contribution >= 4 is 11.8 Å². The van der Waals surface area contributed by atoms with Crippen LogP contribution in [-0.2, 0) is 4.84 Å². The number of nitrogens with two attached hydrogens (primary N) is 1. The zero-order valence-corrected chi connectivity index (χ0v) is 5.84. The summed E-state index contributed by atoms with van der Waals surface area (Å²) in [7, 11) is 1.61. The molecule has 0 aromatic rings. The number of rotatable bonds is 1. The number of primary amides is 1. The molecule has 4 nitrogen and oxygen atoms in total. The van der Waals surface area contributed by atoms with Crippen LogP contribution in [0, 0.1) is 0 Å². The number of nitrogens with zero attached hydrogens (tertiary/aromatic N) is 1. The summed E-state index contributed by atoms with van der Waals surface area (Å²) in [4.78, 5) is 14.5. The number of hydroxylamine groups is 1. The normalized spacial score (nSPS) is 8.33. The Morgan fingerprint density at radius 3 is 2.11 bits per heavy atom. The Morgan fingerprint density at radius 1 is 1.56 bits per heavy atom. The first-order chi connectivity index (χ1) is 4.04. The molecule has 2 N–H and O–H groups in total. The summed E-state index contributed by atoms with van der Waals surface area (Å²) >= 11 is 0. The van der Waals surface area contributed by atoms with Crippen LogP contribution in [0.1, 0.15) is 13.8 Å². The van der Waals surface area contributed by atoms with Gasteiger partial charge in [-0.2, -0.15) is 4.84 Å². The minimum atomic E-state index is -0.793. The second kappa shape index (κ2) is 3.06. The van der Waals surface area contributed by atoms with Crippen LogP contribution in [0.2, 0.25) is 0 Å². The molecule has 0 aliphatic heterocycles. The molecule has 52 valence electrons. The van der Waals surface area contributed by atoms with E-state index in [2.05, 4.69) is 4.84 Å². The fourth-order valence-electron chi connectivity index (χ4n) is 0.226. The molecule has 0 heterocycles. The monoisotopic (exact) mass is 131 g/mol. The molecule has 4 heteroatoms. The summed E-state index contributed by atoms with van der Waals surface area (Å²) in [5.41, 5.74) is 5.58. The van der Waals surface area contributed by atoms with Crippen LogP contribution in [-0.4, -0.2) is 23.6 Å². The van der Waals surface area contributed by atoms with E-state index in [4.69, 9.17) is 5.73 Å². The average Bonchev–Trinajstić information content (AvgIpc) is 1.63. The molecule has 0 radical (unpaired) electrons. The van der Waals surface area contributed by atoms with Crippen molar-refractivity contribution in [3.05, 3.63) is 0 Å². The fourth-order valence-corrected chi connectivity index (χ4v) is 0.226. The van der Waals surface area contributed by atoms with E-state index in [0.29, 0.717) is 0 Å². The molecule has 0 aromatic carbocycles. The lowest BCUT2D eigenvalue weighted by atomic mass is 10.5. The number of hydrogen-bond acceptors (Lipinski definition) is 2. The molecule has 0 bridgehead atoms. The zero-order chi connectivity index (χ0) is 7.44. The van der Waals surface area contributed by atoms with Gasteiger partial charge in [-0.25, -0.2) is 4.79 Å². The van der Waals surface area contributed by atoms with Crippen molar-refractivity contribution in [1.29, 1.82) is 0 Å². The predicted octanol–water partition coefficient (Wildman–Crippen LogP) is 0.120. The minimum Gasteiger partial charge on any atom is -0.330 e. The molecule has 0 unspecified atom stereocenters. The highest BCUT2D eigenvalue weighted by atomic mass is 16.7. The van der Waals surface area contributed by atoms with Gasteiger partial charge < -0.3 is 5.73 Å². The van der Waals surface area contributed by atoms with E-state index in [0.717, 1.165) is 5.71 Å². The Balaban J connectivity index is 3.92. The smallest absolute Gasteiger partial charge is 0.330 e. The Labute approximate surface area is 53.9 Å². The van der Waals surface area contributed by atoms with Gasteiger partial charge in [0.15, 0.2) is 12.8 Å². The molecule has 0 spiro atoms. The first-order valence-corrected chi connectivity index (χ1v) is 2.55. The lowest BCUT2D eigenvalue weighted by Gasteiger charge is -1.91. The van der Waals surface area contributed by atoms with Gasteiger partial charge in [0.05, 0.1) is 0 Å². The minimum absolute atomic E-state index is 0.793. The standard InChI is InChI=1S/C5H10N2O2/c1-4(2)7(3)9-5(6)8/h1-3H3,(H-,6,8)/p+1. The van der Waals surface area contributed by atoms with E-state index in [-0.39, 0.29) is 0 Å². The van der Waals surface area contributed by atoms with Crippen molar-refractivity contribution in [3.63, 3.8) is 0 Å². The summed E-state index contributed by atoms with van der Waals surface area (Å²) in [6, 6.07) is 0. The van der Waals surface area contributed by atoms with E-state index >= 15 is 0 Å². The molecule has 0 rings (SSSR count). The van der Waals surface area contributed by atoms with Crippen LogP contribution in [0.15, 0.2) is 0 Å². The highest BCUT2D eigenvalue weighted by Gasteiger charge is 2.03. The van der Waals surface area contributed by atoms with E-state index in [1.165, 1.54) is 4.74 Å². The van der Waals surface area contributed by atoms with E-state index in [9.17, 15) is 4.79 Å². The van der Waals surface area contributed by atoms with Gasteiger partial charge in [0, 0.05) is 13.8 Å². The van der Waals surface area contributed by atoms with E-state index < -0.39 is 6.09 Å². The van der Waals surface area contributed by atoms with Crippen molar-refractivity contribution in [1.82, 2.24) is 0 Å². The van der Waals surface area contributed by atoms with Gasteiger partial charge in [-0.1, -0.05) is 0 Å². The van der Waals surface area contributed by atoms with E-state index in [1.807, 2.05) is 13.8 Å². The topological polar surface area (TPSA) is 55.3 Å². The molecular formula is C5H11N2O2+. The summed E-state index contributed by atoms with van der Waals surface area (Å²) < 4.78 is 1.31. The first-order valence-electron chi connectivity index (χ1n) is 2.55. The predicted molar refractivity (Wildman–Crippen MR) is 33.2 cm³/mol. The van der Waals surface area contributed by atoms with Crippen LogP contribution in [0.5, 0.6) is 0 Å². The highest BCUT2D eigenvalue weighted by Crippen LogP contribution is 1.76. The Hall–Kier alpha value is -1.06. The molecule has 0 atom stereocenters. The van der Waals surface area contributed by atoms with Crippen LogP contribution in [0.3, 0.4) is 0 Å². The largest absolute Gasteiger partial charge is 0.472 e. The van der Waals surface area contributed by atoms with Gasteiger partial charge in [-0.05, 0) is 4.74 Å². The maximum atomic E-state index is 10.1. The molecule has 0 aromatic heterocycles. The van der Waals surface area contributed by atoms with Gasteiger partial charge in [0.2, 0.25) is 0 Å². The summed E-state index contributed by atoms with van der Waals surface area (Å²) in [5, 5.41) is 0. The molecule has 0 aliphatic carbocycles. The van der Waals surface area contributed by atoms with Crippen molar-refractivity contribution in [2.24, 2.45) is 5.73 Å². The Kier molecular flexibility index (Phi) is 2.70. The summed E-state index contributed by atoms with van der Waals surface area (Å²) in [6.07, 6.45) is -0.793. The van der Waals surface area contributed by atoms with Crippen LogP contribution >= 0.6 is 0 Å². The Bertz CT molecular complexity index is 147. The molecule has 0 saturated heterocycles. The number of carbonyl (C=O) groups is 1. The van der Waals surface area contributed by atoms with Crippen molar-refractivity contribution in [2.45, 2.75) is 13.8 Å². The second-order valence-electron chi connectivity index (χ2n) is 1.86. The molecule has 0 saturated carbocycles. The quantitative estimate of drug-likeness (QED) is 0.238. The lowest BCUT2D eigenvalue weighted by molar-refractivity contribution is -0.739. The zero-order valence-electron chi connectivity index (χ0n) is 5.84. The number of amides is 1. The molecule has 0 fully saturated rings. The number of carbonyl (C=O) groups excluding carboxylic acids is 1. The summed E-state index contributed by atoms with van der Waals surface area (Å²) in [6.45, 7) is 3.62. The highest BCUT2D eigenvalue weighted by molar-refractivity contribution is 5.74. The SMILES string of the molecule is CC(C)=[N+](C)OC(N)=O. The second-order valence-corrected chi connectivity index (χ2v) is 1.86.